The summed E-state index contributed by atoms with van der Waals surface area (Å²) in [4.78, 5) is 4.29. The number of hydrogen-bond acceptors (Lipinski definition) is 4. The minimum absolute atomic E-state index is 0.0996. The smallest absolute Gasteiger partial charge is 0.112 e. The van der Waals surface area contributed by atoms with E-state index in [-0.39, 0.29) is 18.1 Å². The van der Waals surface area contributed by atoms with Crippen LogP contribution in [0.25, 0.3) is 0 Å². The first-order valence-electron chi connectivity index (χ1n) is 4.82. The Morgan fingerprint density at radius 2 is 2.36 bits per heavy atom. The normalized spacial score (nSPS) is 14.3. The van der Waals surface area contributed by atoms with E-state index in [4.69, 9.17) is 5.11 Å². The average Bonchev–Trinajstić information content (AvgIpc) is 2.67. The van der Waals surface area contributed by atoms with Gasteiger partial charge in [0.25, 0.3) is 0 Å². The largest absolute Gasteiger partial charge is 0.396 e. The Balaban J connectivity index is 2.50. The summed E-state index contributed by atoms with van der Waals surface area (Å²) in [5.74, 6) is 0.286. The molecule has 0 radical (unpaired) electrons. The fourth-order valence-electron chi connectivity index (χ4n) is 1.10. The Labute approximate surface area is 89.2 Å². The van der Waals surface area contributed by atoms with Crippen LogP contribution in [0.3, 0.4) is 0 Å². The van der Waals surface area contributed by atoms with Crippen LogP contribution in [0, 0.1) is 5.92 Å². The van der Waals surface area contributed by atoms with Crippen molar-refractivity contribution in [2.45, 2.75) is 26.3 Å². The lowest BCUT2D eigenvalue weighted by molar-refractivity contribution is 0.222. The molecule has 4 heteroatoms. The monoisotopic (exact) mass is 214 g/mol. The molecule has 0 saturated heterocycles. The van der Waals surface area contributed by atoms with E-state index in [0.717, 1.165) is 11.6 Å². The predicted molar refractivity (Wildman–Crippen MR) is 59.4 cm³/mol. The summed E-state index contributed by atoms with van der Waals surface area (Å²) in [6, 6.07) is 0. The molecular weight excluding hydrogens is 196 g/mol. The van der Waals surface area contributed by atoms with Crippen molar-refractivity contribution in [2.75, 3.05) is 13.2 Å². The molecule has 0 aromatic carbocycles. The lowest BCUT2D eigenvalue weighted by Crippen LogP contribution is -2.39. The first kappa shape index (κ1) is 11.6. The Morgan fingerprint density at radius 3 is 2.86 bits per heavy atom. The van der Waals surface area contributed by atoms with E-state index in [2.05, 4.69) is 24.1 Å². The van der Waals surface area contributed by atoms with E-state index in [1.807, 2.05) is 18.5 Å². The number of aliphatic hydroxyl groups is 1. The van der Waals surface area contributed by atoms with Crippen LogP contribution >= 0.6 is 11.3 Å². The van der Waals surface area contributed by atoms with Gasteiger partial charge in [-0.25, -0.2) is 4.98 Å². The second-order valence-electron chi connectivity index (χ2n) is 4.13. The molecule has 0 amide bonds. The molecular formula is C10H18N2OS. The summed E-state index contributed by atoms with van der Waals surface area (Å²) in [7, 11) is 0. The van der Waals surface area contributed by atoms with Crippen LogP contribution in [0.4, 0.5) is 0 Å². The van der Waals surface area contributed by atoms with E-state index < -0.39 is 0 Å². The topological polar surface area (TPSA) is 45.1 Å². The molecule has 0 aliphatic carbocycles. The van der Waals surface area contributed by atoms with Crippen LogP contribution in [-0.2, 0) is 5.54 Å². The summed E-state index contributed by atoms with van der Waals surface area (Å²) in [5, 5.41) is 15.4. The van der Waals surface area contributed by atoms with Crippen molar-refractivity contribution in [2.24, 2.45) is 5.92 Å². The third-order valence-corrected chi connectivity index (χ3v) is 3.27. The zero-order valence-corrected chi connectivity index (χ0v) is 9.77. The Bertz CT molecular complexity index is 259. The van der Waals surface area contributed by atoms with Gasteiger partial charge in [0.1, 0.15) is 5.01 Å². The zero-order valence-electron chi connectivity index (χ0n) is 8.95. The molecule has 1 heterocycles. The maximum absolute atomic E-state index is 8.91. The van der Waals surface area contributed by atoms with Gasteiger partial charge in [-0.15, -0.1) is 11.3 Å². The van der Waals surface area contributed by atoms with E-state index in [0.29, 0.717) is 0 Å². The minimum atomic E-state index is -0.0996. The van der Waals surface area contributed by atoms with Crippen LogP contribution in [0.1, 0.15) is 25.8 Å². The summed E-state index contributed by atoms with van der Waals surface area (Å²) < 4.78 is 0. The van der Waals surface area contributed by atoms with Gasteiger partial charge in [-0.2, -0.15) is 0 Å². The first-order valence-corrected chi connectivity index (χ1v) is 5.70. The van der Waals surface area contributed by atoms with Crippen LogP contribution in [0.2, 0.25) is 0 Å². The highest BCUT2D eigenvalue weighted by atomic mass is 32.1. The van der Waals surface area contributed by atoms with Crippen LogP contribution in [0.15, 0.2) is 11.6 Å². The highest BCUT2D eigenvalue weighted by Crippen LogP contribution is 2.21. The van der Waals surface area contributed by atoms with Gasteiger partial charge in [0, 0.05) is 24.7 Å². The molecule has 2 N–H and O–H groups in total. The number of thiazole rings is 1. The van der Waals surface area contributed by atoms with Crippen molar-refractivity contribution in [1.82, 2.24) is 10.3 Å². The van der Waals surface area contributed by atoms with Gasteiger partial charge >= 0.3 is 0 Å². The number of hydrogen-bond donors (Lipinski definition) is 2. The van der Waals surface area contributed by atoms with Gasteiger partial charge < -0.3 is 10.4 Å². The summed E-state index contributed by atoms with van der Waals surface area (Å²) in [5.41, 5.74) is -0.0996. The molecule has 1 aromatic heterocycles. The van der Waals surface area contributed by atoms with Gasteiger partial charge in [-0.1, -0.05) is 6.92 Å². The molecule has 1 unspecified atom stereocenters. The third kappa shape index (κ3) is 3.04. The lowest BCUT2D eigenvalue weighted by atomic mass is 10.1. The van der Waals surface area contributed by atoms with Crippen LogP contribution < -0.4 is 5.32 Å². The number of rotatable bonds is 5. The number of aliphatic hydroxyl groups excluding tert-OH is 1. The van der Waals surface area contributed by atoms with Gasteiger partial charge in [0.15, 0.2) is 0 Å². The van der Waals surface area contributed by atoms with Crippen molar-refractivity contribution in [3.63, 3.8) is 0 Å². The van der Waals surface area contributed by atoms with Crippen molar-refractivity contribution < 1.29 is 5.11 Å². The Hall–Kier alpha value is -0.450. The number of nitrogens with one attached hydrogen (secondary N) is 1. The highest BCUT2D eigenvalue weighted by molar-refractivity contribution is 7.09. The van der Waals surface area contributed by atoms with Crippen LogP contribution in [0.5, 0.6) is 0 Å². The second-order valence-corrected chi connectivity index (χ2v) is 5.03. The lowest BCUT2D eigenvalue weighted by Gasteiger charge is -2.25. The van der Waals surface area contributed by atoms with Crippen molar-refractivity contribution in [1.29, 1.82) is 0 Å². The van der Waals surface area contributed by atoms with Gasteiger partial charge in [-0.3, -0.25) is 0 Å². The molecule has 80 valence electrons. The zero-order chi connectivity index (χ0) is 10.6. The molecule has 0 spiro atoms. The van der Waals surface area contributed by atoms with E-state index in [1.165, 1.54) is 0 Å². The fraction of sp³-hybridized carbons (Fsp3) is 0.700. The average molecular weight is 214 g/mol. The molecule has 14 heavy (non-hydrogen) atoms. The molecule has 0 bridgehead atoms. The summed E-state index contributed by atoms with van der Waals surface area (Å²) in [6.07, 6.45) is 1.82. The predicted octanol–water partition coefficient (Wildman–Crippen LogP) is 1.60. The van der Waals surface area contributed by atoms with Crippen molar-refractivity contribution in [3.05, 3.63) is 16.6 Å². The first-order chi connectivity index (χ1) is 6.56. The van der Waals surface area contributed by atoms with Gasteiger partial charge in [0.05, 0.1) is 5.54 Å². The van der Waals surface area contributed by atoms with Crippen molar-refractivity contribution >= 4 is 11.3 Å². The van der Waals surface area contributed by atoms with Crippen molar-refractivity contribution in [3.8, 4) is 0 Å². The van der Waals surface area contributed by atoms with E-state index in [1.54, 1.807) is 11.3 Å². The summed E-state index contributed by atoms with van der Waals surface area (Å²) >= 11 is 1.65. The van der Waals surface area contributed by atoms with Gasteiger partial charge in [0.2, 0.25) is 0 Å². The van der Waals surface area contributed by atoms with Crippen LogP contribution in [-0.4, -0.2) is 23.2 Å². The molecule has 3 nitrogen and oxygen atoms in total. The molecule has 1 rings (SSSR count). The fourth-order valence-corrected chi connectivity index (χ4v) is 1.84. The Morgan fingerprint density at radius 1 is 1.64 bits per heavy atom. The maximum atomic E-state index is 8.91. The number of nitrogens with zero attached hydrogens (tertiary/aromatic N) is 1. The number of aromatic nitrogens is 1. The second kappa shape index (κ2) is 4.87. The van der Waals surface area contributed by atoms with E-state index >= 15 is 0 Å². The molecule has 1 atom stereocenters. The minimum Gasteiger partial charge on any atom is -0.396 e. The third-order valence-electron chi connectivity index (χ3n) is 2.17. The molecule has 0 aliphatic heterocycles. The highest BCUT2D eigenvalue weighted by Gasteiger charge is 2.22. The molecule has 0 saturated carbocycles. The standard InChI is InChI=1S/C10H18N2OS/c1-8(7-13)6-12-10(2,3)9-11-4-5-14-9/h4-5,8,12-13H,6-7H2,1-3H3. The SMILES string of the molecule is CC(CO)CNC(C)(C)c1nccs1. The molecule has 1 aromatic rings. The molecule has 0 aliphatic rings. The molecule has 0 fully saturated rings. The summed E-state index contributed by atoms with van der Waals surface area (Å²) in [6.45, 7) is 7.26. The quantitative estimate of drug-likeness (QED) is 0.782. The van der Waals surface area contributed by atoms with Gasteiger partial charge in [-0.05, 0) is 19.8 Å². The van der Waals surface area contributed by atoms with E-state index in [9.17, 15) is 0 Å². The Kier molecular flexibility index (Phi) is 4.04. The maximum Gasteiger partial charge on any atom is 0.112 e.